The van der Waals surface area contributed by atoms with E-state index in [1.165, 1.54) is 24.0 Å². The maximum absolute atomic E-state index is 11.9. The second-order valence-electron chi connectivity index (χ2n) is 7.95. The van der Waals surface area contributed by atoms with Crippen LogP contribution in [0.4, 0.5) is 0 Å². The quantitative estimate of drug-likeness (QED) is 0.530. The van der Waals surface area contributed by atoms with Gasteiger partial charge in [-0.1, -0.05) is 6.07 Å². The van der Waals surface area contributed by atoms with E-state index in [1.54, 1.807) is 13.8 Å². The normalized spacial score (nSPS) is 22.6. The van der Waals surface area contributed by atoms with Crippen molar-refractivity contribution in [3.8, 4) is 0 Å². The highest BCUT2D eigenvalue weighted by Gasteiger charge is 2.32. The van der Waals surface area contributed by atoms with Gasteiger partial charge >= 0.3 is 0 Å². The smallest absolute Gasteiger partial charge is 0.191 e. The lowest BCUT2D eigenvalue weighted by Gasteiger charge is -2.39. The molecule has 2 rings (SSSR count). The summed E-state index contributed by atoms with van der Waals surface area (Å²) in [6.45, 7) is 8.37. The Balaban J connectivity index is 2.06. The van der Waals surface area contributed by atoms with Crippen molar-refractivity contribution in [1.82, 2.24) is 15.5 Å². The van der Waals surface area contributed by atoms with Gasteiger partial charge in [0.1, 0.15) is 0 Å². The van der Waals surface area contributed by atoms with Crippen molar-refractivity contribution in [2.24, 2.45) is 10.9 Å². The lowest BCUT2D eigenvalue weighted by molar-refractivity contribution is 0.125. The number of nitrogens with zero attached hydrogens (tertiary/aromatic N) is 2. The van der Waals surface area contributed by atoms with Gasteiger partial charge in [-0.3, -0.25) is 9.89 Å². The molecule has 1 aliphatic heterocycles. The summed E-state index contributed by atoms with van der Waals surface area (Å²) in [5, 5.41) is 8.83. The van der Waals surface area contributed by atoms with Crippen molar-refractivity contribution in [3.63, 3.8) is 0 Å². The maximum atomic E-state index is 11.9. The number of nitrogens with one attached hydrogen (secondary N) is 2. The second kappa shape index (κ2) is 9.39. The fourth-order valence-electron chi connectivity index (χ4n) is 3.34. The summed E-state index contributed by atoms with van der Waals surface area (Å²) >= 11 is 1.82. The number of sulfone groups is 1. The van der Waals surface area contributed by atoms with Gasteiger partial charge in [0.15, 0.2) is 15.8 Å². The topological polar surface area (TPSA) is 73.8 Å². The standard InChI is InChI=1S/C19H34N4O2S2/c1-6-20-18(22-14-19(2,3)27(5,24)25)21-13-15-9-7-11-23(4)17(15)16-10-8-12-26-16/h8,10,12,15,17H,6-7,9,11,13-14H2,1-5H3,(H2,20,21,22). The van der Waals surface area contributed by atoms with Crippen LogP contribution in [0.25, 0.3) is 0 Å². The van der Waals surface area contributed by atoms with Crippen molar-refractivity contribution < 1.29 is 8.42 Å². The van der Waals surface area contributed by atoms with Gasteiger partial charge in [-0.05, 0) is 64.6 Å². The van der Waals surface area contributed by atoms with Gasteiger partial charge in [0.05, 0.1) is 11.3 Å². The zero-order valence-electron chi connectivity index (χ0n) is 17.2. The molecule has 2 unspecified atom stereocenters. The molecule has 1 aromatic rings. The van der Waals surface area contributed by atoms with Crippen LogP contribution >= 0.6 is 11.3 Å². The lowest BCUT2D eigenvalue weighted by atomic mass is 9.88. The van der Waals surface area contributed by atoms with Crippen LogP contribution in [0.15, 0.2) is 22.5 Å². The van der Waals surface area contributed by atoms with E-state index >= 15 is 0 Å². The summed E-state index contributed by atoms with van der Waals surface area (Å²) in [7, 11) is -0.963. The van der Waals surface area contributed by atoms with Crippen molar-refractivity contribution in [1.29, 1.82) is 0 Å². The van der Waals surface area contributed by atoms with Crippen LogP contribution in [-0.4, -0.2) is 63.5 Å². The minimum atomic E-state index is -3.16. The number of guanidine groups is 1. The number of likely N-dealkylation sites (tertiary alicyclic amines) is 1. The third-order valence-corrected chi connectivity index (χ3v) is 8.42. The molecule has 0 aromatic carbocycles. The Labute approximate surface area is 168 Å². The molecule has 0 aliphatic carbocycles. The van der Waals surface area contributed by atoms with Crippen LogP contribution < -0.4 is 10.6 Å². The zero-order valence-corrected chi connectivity index (χ0v) is 18.8. The molecule has 6 nitrogen and oxygen atoms in total. The molecule has 27 heavy (non-hydrogen) atoms. The van der Waals surface area contributed by atoms with E-state index in [4.69, 9.17) is 0 Å². The SMILES string of the molecule is CCNC(=NCC(C)(C)S(C)(=O)=O)NCC1CCCN(C)C1c1cccs1. The van der Waals surface area contributed by atoms with Crippen LogP contribution in [-0.2, 0) is 9.84 Å². The Morgan fingerprint density at radius 1 is 1.41 bits per heavy atom. The first-order valence-electron chi connectivity index (χ1n) is 9.61. The summed E-state index contributed by atoms with van der Waals surface area (Å²) in [6.07, 6.45) is 3.64. The third-order valence-electron chi connectivity index (χ3n) is 5.34. The van der Waals surface area contributed by atoms with E-state index in [-0.39, 0.29) is 6.54 Å². The first-order chi connectivity index (χ1) is 12.7. The first kappa shape index (κ1) is 22.2. The van der Waals surface area contributed by atoms with Crippen LogP contribution in [0.1, 0.15) is 44.5 Å². The summed E-state index contributed by atoms with van der Waals surface area (Å²) in [4.78, 5) is 8.40. The Hall–Kier alpha value is -1.12. The minimum Gasteiger partial charge on any atom is -0.357 e. The average Bonchev–Trinajstić information content (AvgIpc) is 3.10. The van der Waals surface area contributed by atoms with Crippen LogP contribution in [0.2, 0.25) is 0 Å². The van der Waals surface area contributed by atoms with Gasteiger partial charge < -0.3 is 10.6 Å². The molecule has 1 aromatic heterocycles. The van der Waals surface area contributed by atoms with Gasteiger partial charge in [0, 0.05) is 30.3 Å². The van der Waals surface area contributed by atoms with Gasteiger partial charge in [0.25, 0.3) is 0 Å². The Kier molecular flexibility index (Phi) is 7.71. The molecule has 0 bridgehead atoms. The van der Waals surface area contributed by atoms with E-state index in [2.05, 4.69) is 45.1 Å². The van der Waals surface area contributed by atoms with Crippen LogP contribution in [0, 0.1) is 5.92 Å². The molecule has 2 heterocycles. The van der Waals surface area contributed by atoms with Crippen molar-refractivity contribution >= 4 is 27.1 Å². The molecule has 0 saturated carbocycles. The van der Waals surface area contributed by atoms with E-state index in [0.717, 1.165) is 19.6 Å². The fourth-order valence-corrected chi connectivity index (χ4v) is 4.62. The maximum Gasteiger partial charge on any atom is 0.191 e. The average molecular weight is 415 g/mol. The molecule has 2 atom stereocenters. The molecule has 0 radical (unpaired) electrons. The second-order valence-corrected chi connectivity index (χ2v) is 11.6. The number of aliphatic imine (C=N–C) groups is 1. The van der Waals surface area contributed by atoms with E-state index in [0.29, 0.717) is 17.9 Å². The van der Waals surface area contributed by atoms with Crippen molar-refractivity contribution in [3.05, 3.63) is 22.4 Å². The molecule has 0 amide bonds. The van der Waals surface area contributed by atoms with Crippen LogP contribution in [0.5, 0.6) is 0 Å². The number of thiophene rings is 1. The van der Waals surface area contributed by atoms with Gasteiger partial charge in [-0.25, -0.2) is 8.42 Å². The van der Waals surface area contributed by atoms with E-state index < -0.39 is 14.6 Å². The molecule has 2 N–H and O–H groups in total. The number of rotatable bonds is 7. The first-order valence-corrected chi connectivity index (χ1v) is 12.4. The Morgan fingerprint density at radius 3 is 2.74 bits per heavy atom. The highest BCUT2D eigenvalue weighted by molar-refractivity contribution is 7.92. The fraction of sp³-hybridized carbons (Fsp3) is 0.737. The van der Waals surface area contributed by atoms with Gasteiger partial charge in [0.2, 0.25) is 0 Å². The molecule has 0 spiro atoms. The Morgan fingerprint density at radius 2 is 2.15 bits per heavy atom. The molecule has 1 fully saturated rings. The Bertz CT molecular complexity index is 714. The predicted molar refractivity (Wildman–Crippen MR) is 115 cm³/mol. The summed E-state index contributed by atoms with van der Waals surface area (Å²) in [6, 6.07) is 4.76. The van der Waals surface area contributed by atoms with E-state index in [9.17, 15) is 8.42 Å². The molecule has 1 aliphatic rings. The molecular formula is C19H34N4O2S2. The summed E-state index contributed by atoms with van der Waals surface area (Å²) in [5.74, 6) is 1.18. The molecule has 8 heteroatoms. The van der Waals surface area contributed by atoms with Crippen LogP contribution in [0.3, 0.4) is 0 Å². The number of piperidine rings is 1. The monoisotopic (exact) mass is 414 g/mol. The zero-order chi connectivity index (χ0) is 20.1. The highest BCUT2D eigenvalue weighted by Crippen LogP contribution is 2.36. The third kappa shape index (κ3) is 5.93. The molecule has 1 saturated heterocycles. The minimum absolute atomic E-state index is 0.236. The highest BCUT2D eigenvalue weighted by atomic mass is 32.2. The van der Waals surface area contributed by atoms with Gasteiger partial charge in [-0.2, -0.15) is 0 Å². The molecular weight excluding hydrogens is 380 g/mol. The number of hydrogen-bond acceptors (Lipinski definition) is 5. The van der Waals surface area contributed by atoms with E-state index in [1.807, 2.05) is 18.3 Å². The summed E-state index contributed by atoms with van der Waals surface area (Å²) in [5.41, 5.74) is 0. The lowest BCUT2D eigenvalue weighted by Crippen LogP contribution is -2.45. The number of hydrogen-bond donors (Lipinski definition) is 2. The van der Waals surface area contributed by atoms with Gasteiger partial charge in [-0.15, -0.1) is 11.3 Å². The summed E-state index contributed by atoms with van der Waals surface area (Å²) < 4.78 is 23.0. The largest absolute Gasteiger partial charge is 0.357 e. The van der Waals surface area contributed by atoms with Crippen molar-refractivity contribution in [2.75, 3.05) is 39.5 Å². The predicted octanol–water partition coefficient (Wildman–Crippen LogP) is 2.51. The molecule has 154 valence electrons. The van der Waals surface area contributed by atoms with Crippen molar-refractivity contribution in [2.45, 2.75) is 44.4 Å².